The third-order valence-corrected chi connectivity index (χ3v) is 3.70. The number of hydrogen-bond donors (Lipinski definition) is 0. The van der Waals surface area contributed by atoms with Gasteiger partial charge in [-0.3, -0.25) is 0 Å². The third kappa shape index (κ3) is 3.52. The van der Waals surface area contributed by atoms with Crippen molar-refractivity contribution in [2.75, 3.05) is 36.0 Å². The van der Waals surface area contributed by atoms with Crippen LogP contribution in [0.5, 0.6) is 0 Å². The van der Waals surface area contributed by atoms with E-state index in [2.05, 4.69) is 9.97 Å². The minimum absolute atomic E-state index is 0.298. The van der Waals surface area contributed by atoms with Gasteiger partial charge in [-0.1, -0.05) is 6.07 Å². The Balaban J connectivity index is 1.70. The fourth-order valence-corrected chi connectivity index (χ4v) is 2.51. The van der Waals surface area contributed by atoms with Gasteiger partial charge in [0.2, 0.25) is 5.95 Å². The van der Waals surface area contributed by atoms with Crippen LogP contribution < -0.4 is 9.80 Å². The van der Waals surface area contributed by atoms with Gasteiger partial charge in [0.15, 0.2) is 0 Å². The summed E-state index contributed by atoms with van der Waals surface area (Å²) in [7, 11) is 0. The first-order valence-corrected chi connectivity index (χ1v) is 7.09. The second-order valence-corrected chi connectivity index (χ2v) is 5.19. The summed E-state index contributed by atoms with van der Waals surface area (Å²) in [6.07, 6.45) is -3.22. The highest BCUT2D eigenvalue weighted by Crippen LogP contribution is 2.31. The number of alkyl halides is 3. The molecule has 3 heterocycles. The molecule has 0 aliphatic carbocycles. The van der Waals surface area contributed by atoms with Crippen molar-refractivity contribution in [2.45, 2.75) is 6.18 Å². The fraction of sp³-hybridized carbons (Fsp3) is 0.333. The summed E-state index contributed by atoms with van der Waals surface area (Å²) in [5, 5.41) is 0. The molecule has 0 amide bonds. The molecule has 0 bridgehead atoms. The Kier molecular flexibility index (Phi) is 4.06. The standard InChI is InChI=1S/C15H14F4N4/c16-12-2-1-3-13(21-12)22-6-8-23(9-7-22)14-10-11(4-5-20-14)15(17,18)19/h1-5,10H,6-9H2. The minimum Gasteiger partial charge on any atom is -0.353 e. The van der Waals surface area contributed by atoms with Crippen LogP contribution in [0.15, 0.2) is 36.5 Å². The number of hydrogen-bond acceptors (Lipinski definition) is 4. The number of anilines is 2. The first-order valence-electron chi connectivity index (χ1n) is 7.09. The van der Waals surface area contributed by atoms with Crippen molar-refractivity contribution in [3.63, 3.8) is 0 Å². The van der Waals surface area contributed by atoms with Gasteiger partial charge in [0, 0.05) is 32.4 Å². The van der Waals surface area contributed by atoms with E-state index in [1.165, 1.54) is 12.3 Å². The molecule has 1 aliphatic heterocycles. The molecular formula is C15H14F4N4. The highest BCUT2D eigenvalue weighted by Gasteiger charge is 2.31. The van der Waals surface area contributed by atoms with Crippen molar-refractivity contribution in [2.24, 2.45) is 0 Å². The molecule has 3 rings (SSSR count). The largest absolute Gasteiger partial charge is 0.416 e. The van der Waals surface area contributed by atoms with Crippen LogP contribution in [-0.2, 0) is 6.18 Å². The molecule has 0 radical (unpaired) electrons. The number of piperazine rings is 1. The van der Waals surface area contributed by atoms with Crippen LogP contribution in [0, 0.1) is 5.95 Å². The maximum absolute atomic E-state index is 13.2. The Labute approximate surface area is 130 Å². The topological polar surface area (TPSA) is 32.3 Å². The summed E-state index contributed by atoms with van der Waals surface area (Å²) in [5.74, 6) is 0.276. The lowest BCUT2D eigenvalue weighted by Crippen LogP contribution is -2.47. The van der Waals surface area contributed by atoms with E-state index in [1.54, 1.807) is 17.0 Å². The molecule has 0 unspecified atom stereocenters. The number of aromatic nitrogens is 2. The lowest BCUT2D eigenvalue weighted by molar-refractivity contribution is -0.137. The average molecular weight is 326 g/mol. The van der Waals surface area contributed by atoms with Gasteiger partial charge < -0.3 is 9.80 Å². The summed E-state index contributed by atoms with van der Waals surface area (Å²) in [6.45, 7) is 2.06. The molecule has 2 aromatic heterocycles. The van der Waals surface area contributed by atoms with E-state index in [4.69, 9.17) is 0 Å². The highest BCUT2D eigenvalue weighted by atomic mass is 19.4. The number of nitrogens with zero attached hydrogens (tertiary/aromatic N) is 4. The van der Waals surface area contributed by atoms with Gasteiger partial charge in [0.25, 0.3) is 0 Å². The fourth-order valence-electron chi connectivity index (χ4n) is 2.51. The normalized spacial score (nSPS) is 15.8. The molecule has 23 heavy (non-hydrogen) atoms. The van der Waals surface area contributed by atoms with Gasteiger partial charge in [0.05, 0.1) is 5.56 Å². The summed E-state index contributed by atoms with van der Waals surface area (Å²) in [4.78, 5) is 11.5. The SMILES string of the molecule is Fc1cccc(N2CCN(c3cc(C(F)(F)F)ccn3)CC2)n1. The Hall–Kier alpha value is -2.38. The van der Waals surface area contributed by atoms with Gasteiger partial charge in [-0.25, -0.2) is 9.97 Å². The molecule has 0 spiro atoms. The molecule has 1 aliphatic rings. The summed E-state index contributed by atoms with van der Waals surface area (Å²) in [6, 6.07) is 6.57. The number of rotatable bonds is 2. The Morgan fingerprint density at radius 2 is 1.57 bits per heavy atom. The van der Waals surface area contributed by atoms with E-state index >= 15 is 0 Å². The van der Waals surface area contributed by atoms with E-state index in [9.17, 15) is 17.6 Å². The van der Waals surface area contributed by atoms with E-state index < -0.39 is 17.7 Å². The lowest BCUT2D eigenvalue weighted by atomic mass is 10.2. The van der Waals surface area contributed by atoms with Gasteiger partial charge in [-0.15, -0.1) is 0 Å². The smallest absolute Gasteiger partial charge is 0.353 e. The Morgan fingerprint density at radius 1 is 0.913 bits per heavy atom. The molecule has 1 saturated heterocycles. The Bertz CT molecular complexity index is 681. The number of halogens is 4. The van der Waals surface area contributed by atoms with Crippen LogP contribution in [0.2, 0.25) is 0 Å². The highest BCUT2D eigenvalue weighted by molar-refractivity contribution is 5.46. The molecule has 122 valence electrons. The van der Waals surface area contributed by atoms with Crippen LogP contribution in [0.25, 0.3) is 0 Å². The van der Waals surface area contributed by atoms with Crippen LogP contribution in [0.1, 0.15) is 5.56 Å². The molecule has 4 nitrogen and oxygen atoms in total. The van der Waals surface area contributed by atoms with Crippen molar-refractivity contribution in [3.05, 3.63) is 48.0 Å². The van der Waals surface area contributed by atoms with E-state index in [0.29, 0.717) is 37.8 Å². The second-order valence-electron chi connectivity index (χ2n) is 5.19. The third-order valence-electron chi connectivity index (χ3n) is 3.70. The van der Waals surface area contributed by atoms with Crippen molar-refractivity contribution in [1.29, 1.82) is 0 Å². The maximum atomic E-state index is 13.2. The summed E-state index contributed by atoms with van der Waals surface area (Å²) >= 11 is 0. The second kappa shape index (κ2) is 6.02. The zero-order valence-corrected chi connectivity index (χ0v) is 12.1. The molecule has 0 N–H and O–H groups in total. The van der Waals surface area contributed by atoms with Gasteiger partial charge in [-0.2, -0.15) is 17.6 Å². The molecule has 0 saturated carbocycles. The predicted molar refractivity (Wildman–Crippen MR) is 77.9 cm³/mol. The van der Waals surface area contributed by atoms with E-state index in [1.807, 2.05) is 4.90 Å². The van der Waals surface area contributed by atoms with Crippen molar-refractivity contribution in [3.8, 4) is 0 Å². The molecule has 2 aromatic rings. The van der Waals surface area contributed by atoms with E-state index in [0.717, 1.165) is 12.1 Å². The minimum atomic E-state index is -4.38. The van der Waals surface area contributed by atoms with Crippen molar-refractivity contribution in [1.82, 2.24) is 9.97 Å². The van der Waals surface area contributed by atoms with Crippen LogP contribution in [-0.4, -0.2) is 36.1 Å². The first-order chi connectivity index (χ1) is 10.9. The zero-order chi connectivity index (χ0) is 16.4. The van der Waals surface area contributed by atoms with Crippen LogP contribution in [0.3, 0.4) is 0 Å². The number of pyridine rings is 2. The molecule has 1 fully saturated rings. The van der Waals surface area contributed by atoms with Crippen molar-refractivity contribution < 1.29 is 17.6 Å². The van der Waals surface area contributed by atoms with Gasteiger partial charge in [-0.05, 0) is 24.3 Å². The quantitative estimate of drug-likeness (QED) is 0.627. The molecule has 8 heteroatoms. The molecule has 0 atom stereocenters. The lowest BCUT2D eigenvalue weighted by Gasteiger charge is -2.36. The van der Waals surface area contributed by atoms with E-state index in [-0.39, 0.29) is 0 Å². The monoisotopic (exact) mass is 326 g/mol. The van der Waals surface area contributed by atoms with Gasteiger partial charge in [0.1, 0.15) is 11.6 Å². The maximum Gasteiger partial charge on any atom is 0.416 e. The van der Waals surface area contributed by atoms with Gasteiger partial charge >= 0.3 is 6.18 Å². The van der Waals surface area contributed by atoms with Crippen molar-refractivity contribution >= 4 is 11.6 Å². The van der Waals surface area contributed by atoms with Crippen LogP contribution in [0.4, 0.5) is 29.2 Å². The summed E-state index contributed by atoms with van der Waals surface area (Å²) < 4.78 is 51.4. The predicted octanol–water partition coefficient (Wildman–Crippen LogP) is 2.96. The van der Waals surface area contributed by atoms with Crippen LogP contribution >= 0.6 is 0 Å². The first kappa shape index (κ1) is 15.5. The zero-order valence-electron chi connectivity index (χ0n) is 12.1. The average Bonchev–Trinajstić information content (AvgIpc) is 2.54. The Morgan fingerprint density at radius 3 is 2.17 bits per heavy atom. The molecule has 0 aromatic carbocycles. The molecular weight excluding hydrogens is 312 g/mol. The summed E-state index contributed by atoms with van der Waals surface area (Å²) in [5.41, 5.74) is -0.711.